The van der Waals surface area contributed by atoms with Crippen LogP contribution in [0.5, 0.6) is 0 Å². The molecule has 1 saturated heterocycles. The van der Waals surface area contributed by atoms with Gasteiger partial charge in [-0.1, -0.05) is 12.1 Å². The molecule has 0 saturated carbocycles. The summed E-state index contributed by atoms with van der Waals surface area (Å²) in [5.41, 5.74) is 0.369. The highest BCUT2D eigenvalue weighted by Gasteiger charge is 2.16. The zero-order valence-corrected chi connectivity index (χ0v) is 10.1. The Balaban J connectivity index is 1.80. The van der Waals surface area contributed by atoms with Crippen molar-refractivity contribution in [3.63, 3.8) is 0 Å². The fourth-order valence-corrected chi connectivity index (χ4v) is 1.86. The molecule has 0 unspecified atom stereocenters. The summed E-state index contributed by atoms with van der Waals surface area (Å²) in [7, 11) is 0. The van der Waals surface area contributed by atoms with E-state index in [1.165, 1.54) is 0 Å². The minimum Gasteiger partial charge on any atom is -0.381 e. The summed E-state index contributed by atoms with van der Waals surface area (Å²) in [6.07, 6.45) is 2.78. The van der Waals surface area contributed by atoms with Crippen molar-refractivity contribution in [3.05, 3.63) is 17.5 Å². The lowest BCUT2D eigenvalue weighted by molar-refractivity contribution is 0.0641. The number of hydrogen-bond acceptors (Lipinski definition) is 4. The van der Waals surface area contributed by atoms with Crippen LogP contribution in [-0.4, -0.2) is 30.8 Å². The fourth-order valence-electron chi connectivity index (χ4n) is 1.86. The second-order valence-electron chi connectivity index (χ2n) is 4.30. The Kier molecular flexibility index (Phi) is 4.14. The quantitative estimate of drug-likeness (QED) is 0.861. The average Bonchev–Trinajstić information content (AvgIpc) is 2.86. The van der Waals surface area contributed by atoms with Crippen molar-refractivity contribution >= 4 is 5.91 Å². The fraction of sp³-hybridized carbons (Fsp3) is 0.667. The van der Waals surface area contributed by atoms with Crippen LogP contribution in [-0.2, 0) is 11.2 Å². The van der Waals surface area contributed by atoms with E-state index in [9.17, 15) is 4.79 Å². The Morgan fingerprint density at radius 1 is 1.53 bits per heavy atom. The van der Waals surface area contributed by atoms with Gasteiger partial charge < -0.3 is 14.6 Å². The van der Waals surface area contributed by atoms with Gasteiger partial charge in [-0.15, -0.1) is 0 Å². The van der Waals surface area contributed by atoms with Gasteiger partial charge in [0.15, 0.2) is 5.69 Å². The second kappa shape index (κ2) is 5.82. The number of carbonyl (C=O) groups excluding carboxylic acids is 1. The summed E-state index contributed by atoms with van der Waals surface area (Å²) >= 11 is 0. The van der Waals surface area contributed by atoms with E-state index in [4.69, 9.17) is 9.26 Å². The predicted octanol–water partition coefficient (Wildman–Crippen LogP) is 1.39. The SMILES string of the molecule is CCc1cc(C(=O)NCC2CCOCC2)no1. The molecule has 2 rings (SSSR count). The summed E-state index contributed by atoms with van der Waals surface area (Å²) in [4.78, 5) is 11.8. The van der Waals surface area contributed by atoms with Crippen LogP contribution in [0.3, 0.4) is 0 Å². The molecule has 1 amide bonds. The lowest BCUT2D eigenvalue weighted by atomic mass is 10.0. The third-order valence-electron chi connectivity index (χ3n) is 3.03. The van der Waals surface area contributed by atoms with Gasteiger partial charge in [0.2, 0.25) is 0 Å². The van der Waals surface area contributed by atoms with E-state index >= 15 is 0 Å². The maximum atomic E-state index is 11.8. The van der Waals surface area contributed by atoms with Crippen LogP contribution in [0.4, 0.5) is 0 Å². The maximum absolute atomic E-state index is 11.8. The Morgan fingerprint density at radius 2 is 2.29 bits per heavy atom. The number of aromatic nitrogens is 1. The van der Waals surface area contributed by atoms with Crippen LogP contribution in [0, 0.1) is 5.92 Å². The molecule has 1 aliphatic rings. The standard InChI is InChI=1S/C12H18N2O3/c1-2-10-7-11(14-17-10)12(15)13-8-9-3-5-16-6-4-9/h7,9H,2-6,8H2,1H3,(H,13,15). The third-order valence-corrected chi connectivity index (χ3v) is 3.03. The van der Waals surface area contributed by atoms with Crippen molar-refractivity contribution in [2.75, 3.05) is 19.8 Å². The number of ether oxygens (including phenoxy) is 1. The van der Waals surface area contributed by atoms with Crippen LogP contribution in [0.15, 0.2) is 10.6 Å². The van der Waals surface area contributed by atoms with E-state index in [0.29, 0.717) is 18.2 Å². The van der Waals surface area contributed by atoms with Crippen LogP contribution >= 0.6 is 0 Å². The first kappa shape index (κ1) is 12.1. The number of aryl methyl sites for hydroxylation is 1. The number of hydrogen-bond donors (Lipinski definition) is 1. The number of rotatable bonds is 4. The van der Waals surface area contributed by atoms with Crippen molar-refractivity contribution in [2.24, 2.45) is 5.92 Å². The second-order valence-corrected chi connectivity index (χ2v) is 4.30. The van der Waals surface area contributed by atoms with Gasteiger partial charge in [0.1, 0.15) is 5.76 Å². The van der Waals surface area contributed by atoms with Crippen molar-refractivity contribution in [3.8, 4) is 0 Å². The molecule has 5 nitrogen and oxygen atoms in total. The minimum atomic E-state index is -0.153. The monoisotopic (exact) mass is 238 g/mol. The van der Waals surface area contributed by atoms with Crippen LogP contribution in [0.1, 0.15) is 36.0 Å². The molecule has 17 heavy (non-hydrogen) atoms. The van der Waals surface area contributed by atoms with Gasteiger partial charge in [0, 0.05) is 32.2 Å². The van der Waals surface area contributed by atoms with Crippen LogP contribution in [0.2, 0.25) is 0 Å². The highest BCUT2D eigenvalue weighted by atomic mass is 16.5. The molecule has 2 heterocycles. The van der Waals surface area contributed by atoms with Gasteiger partial charge in [0.25, 0.3) is 5.91 Å². The molecule has 0 spiro atoms. The normalized spacial score (nSPS) is 17.0. The van der Waals surface area contributed by atoms with E-state index in [1.807, 2.05) is 6.92 Å². The molecule has 0 aliphatic carbocycles. The lowest BCUT2D eigenvalue weighted by Crippen LogP contribution is -2.32. The Labute approximate surface area is 101 Å². The van der Waals surface area contributed by atoms with Gasteiger partial charge in [-0.05, 0) is 18.8 Å². The molecular formula is C12H18N2O3. The first-order valence-electron chi connectivity index (χ1n) is 6.11. The van der Waals surface area contributed by atoms with E-state index in [2.05, 4.69) is 10.5 Å². The Hall–Kier alpha value is -1.36. The number of carbonyl (C=O) groups is 1. The molecule has 0 radical (unpaired) electrons. The van der Waals surface area contributed by atoms with Gasteiger partial charge >= 0.3 is 0 Å². The van der Waals surface area contributed by atoms with Gasteiger partial charge in [-0.25, -0.2) is 0 Å². The van der Waals surface area contributed by atoms with Crippen molar-refractivity contribution in [2.45, 2.75) is 26.2 Å². The Bertz CT molecular complexity index is 370. The maximum Gasteiger partial charge on any atom is 0.273 e. The molecule has 0 bridgehead atoms. The third kappa shape index (κ3) is 3.30. The molecular weight excluding hydrogens is 220 g/mol. The van der Waals surface area contributed by atoms with Crippen molar-refractivity contribution in [1.82, 2.24) is 10.5 Å². The highest BCUT2D eigenvalue weighted by Crippen LogP contribution is 2.13. The van der Waals surface area contributed by atoms with E-state index in [1.54, 1.807) is 6.07 Å². The van der Waals surface area contributed by atoms with Gasteiger partial charge in [-0.3, -0.25) is 4.79 Å². The number of amides is 1. The van der Waals surface area contributed by atoms with E-state index in [-0.39, 0.29) is 5.91 Å². The summed E-state index contributed by atoms with van der Waals surface area (Å²) in [6, 6.07) is 1.69. The predicted molar refractivity (Wildman–Crippen MR) is 61.8 cm³/mol. The summed E-state index contributed by atoms with van der Waals surface area (Å²) < 4.78 is 10.3. The number of nitrogens with one attached hydrogen (secondary N) is 1. The van der Waals surface area contributed by atoms with Gasteiger partial charge in [-0.2, -0.15) is 0 Å². The van der Waals surface area contributed by atoms with Crippen molar-refractivity contribution < 1.29 is 14.1 Å². The first-order valence-corrected chi connectivity index (χ1v) is 6.11. The highest BCUT2D eigenvalue weighted by molar-refractivity contribution is 5.92. The molecule has 1 aliphatic heterocycles. The molecule has 1 aromatic rings. The van der Waals surface area contributed by atoms with E-state index < -0.39 is 0 Å². The summed E-state index contributed by atoms with van der Waals surface area (Å²) in [6.45, 7) is 4.25. The largest absolute Gasteiger partial charge is 0.381 e. The average molecular weight is 238 g/mol. The van der Waals surface area contributed by atoms with E-state index in [0.717, 1.165) is 38.2 Å². The topological polar surface area (TPSA) is 64.4 Å². The summed E-state index contributed by atoms with van der Waals surface area (Å²) in [5, 5.41) is 6.63. The smallest absolute Gasteiger partial charge is 0.273 e. The summed E-state index contributed by atoms with van der Waals surface area (Å²) in [5.74, 6) is 1.10. The van der Waals surface area contributed by atoms with Crippen LogP contribution in [0.25, 0.3) is 0 Å². The number of nitrogens with zero attached hydrogens (tertiary/aromatic N) is 1. The molecule has 5 heteroatoms. The molecule has 0 atom stereocenters. The Morgan fingerprint density at radius 3 is 2.94 bits per heavy atom. The minimum absolute atomic E-state index is 0.153. The van der Waals surface area contributed by atoms with Crippen LogP contribution < -0.4 is 5.32 Å². The van der Waals surface area contributed by atoms with Gasteiger partial charge in [0.05, 0.1) is 0 Å². The molecule has 0 aromatic carbocycles. The van der Waals surface area contributed by atoms with Crippen molar-refractivity contribution in [1.29, 1.82) is 0 Å². The first-order chi connectivity index (χ1) is 8.29. The molecule has 1 fully saturated rings. The molecule has 1 N–H and O–H groups in total. The lowest BCUT2D eigenvalue weighted by Gasteiger charge is -2.21. The molecule has 94 valence electrons. The zero-order valence-electron chi connectivity index (χ0n) is 10.1. The molecule has 1 aromatic heterocycles. The zero-order chi connectivity index (χ0) is 12.1.